The molecule has 108 valence electrons. The van der Waals surface area contributed by atoms with Crippen molar-refractivity contribution in [3.63, 3.8) is 0 Å². The molecule has 2 heteroatoms. The largest absolute Gasteiger partial charge is 0.298 e. The average molecular weight is 273 g/mol. The van der Waals surface area contributed by atoms with E-state index in [1.165, 1.54) is 18.4 Å². The summed E-state index contributed by atoms with van der Waals surface area (Å²) in [5.41, 5.74) is 3.29. The zero-order chi connectivity index (χ0) is 14.3. The molecule has 3 aliphatic rings. The molecule has 0 spiro atoms. The van der Waals surface area contributed by atoms with Gasteiger partial charge in [-0.2, -0.15) is 0 Å². The van der Waals surface area contributed by atoms with Crippen LogP contribution in [0.5, 0.6) is 0 Å². The molecule has 1 nitrogen and oxygen atoms in total. The summed E-state index contributed by atoms with van der Waals surface area (Å²) in [7, 11) is 2.15. The van der Waals surface area contributed by atoms with E-state index in [9.17, 15) is 4.39 Å². The van der Waals surface area contributed by atoms with E-state index >= 15 is 0 Å². The highest BCUT2D eigenvalue weighted by Gasteiger charge is 2.50. The Labute approximate surface area is 121 Å². The molecular weight excluding hydrogens is 249 g/mol. The fraction of sp³-hybridized carbons (Fsp3) is 0.556. The second kappa shape index (κ2) is 5.00. The third kappa shape index (κ3) is 2.42. The molecule has 1 aromatic carbocycles. The van der Waals surface area contributed by atoms with Gasteiger partial charge in [-0.25, -0.2) is 4.39 Å². The number of benzene rings is 1. The van der Waals surface area contributed by atoms with Crippen molar-refractivity contribution in [1.29, 1.82) is 0 Å². The molecule has 1 aromatic rings. The van der Waals surface area contributed by atoms with Gasteiger partial charge >= 0.3 is 0 Å². The predicted octanol–water partition coefficient (Wildman–Crippen LogP) is 4.25. The lowest BCUT2D eigenvalue weighted by Crippen LogP contribution is -2.49. The third-order valence-corrected chi connectivity index (χ3v) is 5.40. The van der Waals surface area contributed by atoms with Crippen LogP contribution in [0.15, 0.2) is 35.9 Å². The van der Waals surface area contributed by atoms with Gasteiger partial charge in [-0.3, -0.25) is 4.90 Å². The first-order valence-electron chi connectivity index (χ1n) is 7.58. The maximum Gasteiger partial charge on any atom is 0.123 e. The first kappa shape index (κ1) is 13.8. The number of hydrogen-bond acceptors (Lipinski definition) is 1. The summed E-state index contributed by atoms with van der Waals surface area (Å²) in [6, 6.07) is 6.85. The van der Waals surface area contributed by atoms with Gasteiger partial charge in [0.1, 0.15) is 5.82 Å². The first-order valence-corrected chi connectivity index (χ1v) is 7.58. The molecular formula is C18H24FN. The number of halogens is 1. The van der Waals surface area contributed by atoms with E-state index in [1.54, 1.807) is 17.7 Å². The molecule has 2 atom stereocenters. The second-order valence-corrected chi connectivity index (χ2v) is 7.12. The van der Waals surface area contributed by atoms with Crippen molar-refractivity contribution in [1.82, 2.24) is 4.90 Å². The minimum Gasteiger partial charge on any atom is -0.298 e. The van der Waals surface area contributed by atoms with Gasteiger partial charge in [-0.05, 0) is 54.8 Å². The zero-order valence-corrected chi connectivity index (χ0v) is 12.7. The zero-order valence-electron chi connectivity index (χ0n) is 12.7. The monoisotopic (exact) mass is 273 g/mol. The van der Waals surface area contributed by atoms with Crippen molar-refractivity contribution in [2.75, 3.05) is 13.6 Å². The van der Waals surface area contributed by atoms with Crippen LogP contribution in [0, 0.1) is 23.1 Å². The smallest absolute Gasteiger partial charge is 0.123 e. The fourth-order valence-corrected chi connectivity index (χ4v) is 3.92. The SMILES string of the molecule is CN(CC1=CC[C@H]2C[C@@H]1C2(C)C)Cc1ccc(F)cc1. The number of likely N-dealkylation sites (N-methyl/N-ethyl adjacent to an activating group) is 1. The van der Waals surface area contributed by atoms with Gasteiger partial charge in [0.05, 0.1) is 0 Å². The van der Waals surface area contributed by atoms with Crippen LogP contribution in [0.3, 0.4) is 0 Å². The van der Waals surface area contributed by atoms with Gasteiger partial charge < -0.3 is 0 Å². The Morgan fingerprint density at radius 3 is 2.50 bits per heavy atom. The Morgan fingerprint density at radius 1 is 1.20 bits per heavy atom. The van der Waals surface area contributed by atoms with E-state index in [0.717, 1.165) is 24.9 Å². The Bertz CT molecular complexity index is 515. The van der Waals surface area contributed by atoms with Crippen molar-refractivity contribution < 1.29 is 4.39 Å². The lowest BCUT2D eigenvalue weighted by Gasteiger charge is -2.57. The molecule has 0 radical (unpaired) electrons. The van der Waals surface area contributed by atoms with Crippen molar-refractivity contribution in [3.8, 4) is 0 Å². The van der Waals surface area contributed by atoms with Crippen LogP contribution in [0.4, 0.5) is 4.39 Å². The quantitative estimate of drug-likeness (QED) is 0.741. The van der Waals surface area contributed by atoms with E-state index in [-0.39, 0.29) is 5.82 Å². The van der Waals surface area contributed by atoms with Gasteiger partial charge in [0, 0.05) is 13.1 Å². The summed E-state index contributed by atoms with van der Waals surface area (Å²) in [4.78, 5) is 2.34. The number of rotatable bonds is 4. The number of nitrogens with zero attached hydrogens (tertiary/aromatic N) is 1. The molecule has 3 aliphatic carbocycles. The lowest BCUT2D eigenvalue weighted by molar-refractivity contribution is -0.0101. The predicted molar refractivity (Wildman–Crippen MR) is 80.8 cm³/mol. The summed E-state index contributed by atoms with van der Waals surface area (Å²) in [6.45, 7) is 6.75. The highest BCUT2D eigenvalue weighted by atomic mass is 19.1. The maximum absolute atomic E-state index is 12.9. The topological polar surface area (TPSA) is 3.24 Å². The van der Waals surface area contributed by atoms with Crippen LogP contribution in [-0.2, 0) is 6.54 Å². The van der Waals surface area contributed by atoms with Gasteiger partial charge in [0.25, 0.3) is 0 Å². The Kier molecular flexibility index (Phi) is 3.45. The first-order chi connectivity index (χ1) is 9.46. The lowest BCUT2D eigenvalue weighted by atomic mass is 9.49. The van der Waals surface area contributed by atoms with E-state index < -0.39 is 0 Å². The van der Waals surface area contributed by atoms with Crippen LogP contribution in [0.2, 0.25) is 0 Å². The third-order valence-electron chi connectivity index (χ3n) is 5.40. The summed E-state index contributed by atoms with van der Waals surface area (Å²) < 4.78 is 12.9. The summed E-state index contributed by atoms with van der Waals surface area (Å²) in [6.07, 6.45) is 5.09. The highest BCUT2D eigenvalue weighted by molar-refractivity contribution is 5.25. The van der Waals surface area contributed by atoms with Crippen LogP contribution in [0.25, 0.3) is 0 Å². The van der Waals surface area contributed by atoms with Crippen LogP contribution < -0.4 is 0 Å². The Morgan fingerprint density at radius 2 is 1.90 bits per heavy atom. The van der Waals surface area contributed by atoms with Crippen LogP contribution >= 0.6 is 0 Å². The van der Waals surface area contributed by atoms with E-state index in [4.69, 9.17) is 0 Å². The van der Waals surface area contributed by atoms with Crippen molar-refractivity contribution in [2.45, 2.75) is 33.2 Å². The molecule has 0 saturated heterocycles. The minimum atomic E-state index is -0.159. The molecule has 2 bridgehead atoms. The van der Waals surface area contributed by atoms with Crippen molar-refractivity contribution in [3.05, 3.63) is 47.3 Å². The molecule has 20 heavy (non-hydrogen) atoms. The Hall–Kier alpha value is -1.15. The molecule has 4 rings (SSSR count). The van der Waals surface area contributed by atoms with E-state index in [0.29, 0.717) is 5.41 Å². The summed E-state index contributed by atoms with van der Waals surface area (Å²) >= 11 is 0. The molecule has 0 amide bonds. The standard InChI is InChI=1S/C18H24FN/c1-18(2)15-7-6-14(17(18)10-15)12-20(3)11-13-4-8-16(19)9-5-13/h4-6,8-9,15,17H,7,10-12H2,1-3H3/t15-,17-/m0/s1. The normalized spacial score (nSPS) is 27.1. The van der Waals surface area contributed by atoms with Crippen LogP contribution in [-0.4, -0.2) is 18.5 Å². The molecule has 0 N–H and O–H groups in total. The van der Waals surface area contributed by atoms with Gasteiger partial charge in [0.2, 0.25) is 0 Å². The second-order valence-electron chi connectivity index (χ2n) is 7.12. The summed E-state index contributed by atoms with van der Waals surface area (Å²) in [5.74, 6) is 1.52. The average Bonchev–Trinajstić information content (AvgIpc) is 2.41. The fourth-order valence-electron chi connectivity index (χ4n) is 3.92. The van der Waals surface area contributed by atoms with Crippen molar-refractivity contribution >= 4 is 0 Å². The van der Waals surface area contributed by atoms with Crippen LogP contribution in [0.1, 0.15) is 32.3 Å². The molecule has 1 fully saturated rings. The minimum absolute atomic E-state index is 0.159. The molecule has 0 aromatic heterocycles. The molecule has 0 unspecified atom stereocenters. The number of fused-ring (bicyclic) bond motifs is 1. The van der Waals surface area contributed by atoms with Gasteiger partial charge in [-0.1, -0.05) is 37.6 Å². The van der Waals surface area contributed by atoms with E-state index in [1.807, 2.05) is 12.1 Å². The maximum atomic E-state index is 12.9. The molecule has 0 aliphatic heterocycles. The highest BCUT2D eigenvalue weighted by Crippen LogP contribution is 2.59. The van der Waals surface area contributed by atoms with Crippen molar-refractivity contribution in [2.24, 2.45) is 17.3 Å². The summed E-state index contributed by atoms with van der Waals surface area (Å²) in [5, 5.41) is 0. The van der Waals surface area contributed by atoms with Gasteiger partial charge in [-0.15, -0.1) is 0 Å². The number of allylic oxidation sites excluding steroid dienone is 1. The Balaban J connectivity index is 1.61. The molecule has 0 heterocycles. The number of hydrogen-bond donors (Lipinski definition) is 0. The van der Waals surface area contributed by atoms with E-state index in [2.05, 4.69) is 31.9 Å². The van der Waals surface area contributed by atoms with Gasteiger partial charge in [0.15, 0.2) is 0 Å². The molecule has 1 saturated carbocycles.